The Balaban J connectivity index is 1.70. The van der Waals surface area contributed by atoms with Gasteiger partial charge in [0.25, 0.3) is 10.1 Å². The number of benzene rings is 1. The monoisotopic (exact) mass is 400 g/mol. The minimum absolute atomic E-state index is 0.0156. The number of hydrogen-bond acceptors (Lipinski definition) is 8. The van der Waals surface area contributed by atoms with Crippen LogP contribution in [0.2, 0.25) is 0 Å². The van der Waals surface area contributed by atoms with Crippen molar-refractivity contribution in [3.05, 3.63) is 29.8 Å². The van der Waals surface area contributed by atoms with Crippen LogP contribution >= 0.6 is 0 Å². The minimum Gasteiger partial charge on any atom is -0.469 e. The van der Waals surface area contributed by atoms with Crippen LogP contribution in [0, 0.1) is 6.92 Å². The van der Waals surface area contributed by atoms with Crippen molar-refractivity contribution in [2.24, 2.45) is 0 Å². The number of hydrogen-bond donors (Lipinski definition) is 0. The van der Waals surface area contributed by atoms with Crippen LogP contribution in [0.15, 0.2) is 29.2 Å². The smallest absolute Gasteiger partial charge is 0.308 e. The van der Waals surface area contributed by atoms with E-state index >= 15 is 0 Å². The summed E-state index contributed by atoms with van der Waals surface area (Å²) < 4.78 is 52.2. The van der Waals surface area contributed by atoms with Crippen molar-refractivity contribution in [2.45, 2.75) is 62.3 Å². The lowest BCUT2D eigenvalue weighted by Crippen LogP contribution is -2.33. The van der Waals surface area contributed by atoms with Crippen LogP contribution in [0.3, 0.4) is 0 Å². The van der Waals surface area contributed by atoms with Gasteiger partial charge in [0.1, 0.15) is 18.3 Å². The number of fused-ring (bicyclic) bond motifs is 1. The zero-order valence-electron chi connectivity index (χ0n) is 15.7. The number of aryl methyl sites for hydroxylation is 1. The molecule has 9 heteroatoms. The molecule has 0 aliphatic carbocycles. The number of ether oxygens (including phenoxy) is 4. The van der Waals surface area contributed by atoms with Gasteiger partial charge >= 0.3 is 5.97 Å². The van der Waals surface area contributed by atoms with Crippen molar-refractivity contribution in [3.8, 4) is 0 Å². The Labute approximate surface area is 158 Å². The van der Waals surface area contributed by atoms with Crippen molar-refractivity contribution in [3.63, 3.8) is 0 Å². The third-order valence-electron chi connectivity index (χ3n) is 4.54. The molecule has 2 saturated heterocycles. The predicted molar refractivity (Wildman–Crippen MR) is 93.4 cm³/mol. The largest absolute Gasteiger partial charge is 0.469 e. The summed E-state index contributed by atoms with van der Waals surface area (Å²) in [5, 5.41) is 0. The molecule has 0 amide bonds. The van der Waals surface area contributed by atoms with Gasteiger partial charge in [-0.1, -0.05) is 17.7 Å². The zero-order chi connectivity index (χ0) is 19.8. The van der Waals surface area contributed by atoms with E-state index in [2.05, 4.69) is 4.74 Å². The summed E-state index contributed by atoms with van der Waals surface area (Å²) in [6.45, 7) is 5.13. The molecule has 8 nitrogen and oxygen atoms in total. The topological polar surface area (TPSA) is 97.4 Å². The maximum Gasteiger partial charge on any atom is 0.308 e. The highest BCUT2D eigenvalue weighted by molar-refractivity contribution is 7.86. The first kappa shape index (κ1) is 20.2. The highest BCUT2D eigenvalue weighted by Gasteiger charge is 2.55. The van der Waals surface area contributed by atoms with Gasteiger partial charge < -0.3 is 18.9 Å². The third kappa shape index (κ3) is 4.49. The Morgan fingerprint density at radius 2 is 1.70 bits per heavy atom. The number of carbonyl (C=O) groups is 1. The van der Waals surface area contributed by atoms with E-state index in [0.29, 0.717) is 0 Å². The lowest BCUT2D eigenvalue weighted by molar-refractivity contribution is -0.192. The number of methoxy groups -OCH3 is 1. The molecule has 0 saturated carbocycles. The number of rotatable bonds is 6. The molecular formula is C18H24O8S. The first-order chi connectivity index (χ1) is 12.6. The maximum atomic E-state index is 12.4. The van der Waals surface area contributed by atoms with Gasteiger partial charge in [-0.05, 0) is 32.9 Å². The summed E-state index contributed by atoms with van der Waals surface area (Å²) in [6, 6.07) is 6.37. The van der Waals surface area contributed by atoms with Crippen LogP contribution in [0.4, 0.5) is 0 Å². The lowest BCUT2D eigenvalue weighted by Gasteiger charge is -2.23. The Bertz CT molecular complexity index is 786. The van der Waals surface area contributed by atoms with E-state index in [9.17, 15) is 13.2 Å². The fourth-order valence-electron chi connectivity index (χ4n) is 3.25. The molecule has 0 N–H and O–H groups in total. The van der Waals surface area contributed by atoms with E-state index in [0.717, 1.165) is 5.56 Å². The highest BCUT2D eigenvalue weighted by atomic mass is 32.2. The molecule has 2 aliphatic heterocycles. The molecule has 2 fully saturated rings. The highest BCUT2D eigenvalue weighted by Crippen LogP contribution is 2.40. The van der Waals surface area contributed by atoms with Crippen LogP contribution in [0.25, 0.3) is 0 Å². The zero-order valence-corrected chi connectivity index (χ0v) is 16.5. The summed E-state index contributed by atoms with van der Waals surface area (Å²) in [7, 11) is -2.64. The van der Waals surface area contributed by atoms with Gasteiger partial charge in [0.05, 0.1) is 31.1 Å². The van der Waals surface area contributed by atoms with Crippen LogP contribution in [0.1, 0.15) is 25.8 Å². The SMILES string of the molecule is COC(=O)C[C@H]1O[C@H](COS(=O)(=O)c2ccc(C)cc2)[C@H]2OC(C)(C)O[C@H]21. The van der Waals surface area contributed by atoms with Gasteiger partial charge in [-0.3, -0.25) is 8.98 Å². The van der Waals surface area contributed by atoms with E-state index in [4.69, 9.17) is 18.4 Å². The number of carbonyl (C=O) groups excluding carboxylic acids is 1. The van der Waals surface area contributed by atoms with E-state index in [1.165, 1.54) is 19.2 Å². The molecule has 27 heavy (non-hydrogen) atoms. The molecule has 4 atom stereocenters. The van der Waals surface area contributed by atoms with E-state index in [-0.39, 0.29) is 17.9 Å². The van der Waals surface area contributed by atoms with Crippen molar-refractivity contribution >= 4 is 16.1 Å². The lowest BCUT2D eigenvalue weighted by atomic mass is 10.1. The fraction of sp³-hybridized carbons (Fsp3) is 0.611. The Hall–Kier alpha value is -1.52. The van der Waals surface area contributed by atoms with Gasteiger partial charge in [0, 0.05) is 0 Å². The molecule has 2 heterocycles. The van der Waals surface area contributed by atoms with Gasteiger partial charge in [-0.15, -0.1) is 0 Å². The quantitative estimate of drug-likeness (QED) is 0.524. The molecule has 1 aromatic carbocycles. The average Bonchev–Trinajstić information content (AvgIpc) is 3.07. The summed E-state index contributed by atoms with van der Waals surface area (Å²) in [4.78, 5) is 11.7. The number of esters is 1. The molecule has 3 rings (SSSR count). The van der Waals surface area contributed by atoms with Crippen LogP contribution in [0.5, 0.6) is 0 Å². The van der Waals surface area contributed by atoms with Crippen molar-refractivity contribution in [1.29, 1.82) is 0 Å². The van der Waals surface area contributed by atoms with E-state index in [1.54, 1.807) is 26.0 Å². The standard InChI is InChI=1S/C18H24O8S/c1-11-5-7-12(8-6-11)27(20,21)23-10-14-17-16(25-18(2,3)26-17)13(24-14)9-15(19)22-4/h5-8,13-14,16-17H,9-10H2,1-4H3/t13-,14-,16+,17-/m1/s1. The predicted octanol–water partition coefficient (Wildman–Crippen LogP) is 1.55. The van der Waals surface area contributed by atoms with Gasteiger partial charge in [-0.25, -0.2) is 0 Å². The Kier molecular flexibility index (Phi) is 5.60. The Morgan fingerprint density at radius 1 is 1.11 bits per heavy atom. The molecule has 2 aliphatic rings. The Morgan fingerprint density at radius 3 is 2.30 bits per heavy atom. The summed E-state index contributed by atoms with van der Waals surface area (Å²) in [5.74, 6) is -1.30. The summed E-state index contributed by atoms with van der Waals surface area (Å²) >= 11 is 0. The van der Waals surface area contributed by atoms with Crippen LogP contribution in [-0.4, -0.2) is 58.3 Å². The van der Waals surface area contributed by atoms with E-state index < -0.39 is 46.3 Å². The molecule has 0 radical (unpaired) electrons. The van der Waals surface area contributed by atoms with Crippen LogP contribution in [-0.2, 0) is 38.0 Å². The van der Waals surface area contributed by atoms with Crippen LogP contribution < -0.4 is 0 Å². The molecule has 0 unspecified atom stereocenters. The summed E-state index contributed by atoms with van der Waals surface area (Å²) in [6.07, 6.45) is -2.34. The second-order valence-electron chi connectivity index (χ2n) is 7.11. The molecule has 0 aromatic heterocycles. The molecule has 1 aromatic rings. The van der Waals surface area contributed by atoms with Gasteiger partial charge in [-0.2, -0.15) is 8.42 Å². The fourth-order valence-corrected chi connectivity index (χ4v) is 4.17. The van der Waals surface area contributed by atoms with Gasteiger partial charge in [0.2, 0.25) is 0 Å². The molecular weight excluding hydrogens is 376 g/mol. The second-order valence-corrected chi connectivity index (χ2v) is 8.73. The first-order valence-corrected chi connectivity index (χ1v) is 10.1. The third-order valence-corrected chi connectivity index (χ3v) is 5.83. The van der Waals surface area contributed by atoms with E-state index in [1.807, 2.05) is 6.92 Å². The molecule has 150 valence electrons. The molecule has 0 bridgehead atoms. The average molecular weight is 400 g/mol. The second kappa shape index (κ2) is 7.48. The maximum absolute atomic E-state index is 12.4. The van der Waals surface area contributed by atoms with Crippen molar-refractivity contribution < 1.29 is 36.3 Å². The molecule has 0 spiro atoms. The first-order valence-electron chi connectivity index (χ1n) is 8.65. The minimum atomic E-state index is -3.94. The van der Waals surface area contributed by atoms with Gasteiger partial charge in [0.15, 0.2) is 5.79 Å². The normalized spacial score (nSPS) is 29.5. The van der Waals surface area contributed by atoms with Crippen molar-refractivity contribution in [2.75, 3.05) is 13.7 Å². The summed E-state index contributed by atoms with van der Waals surface area (Å²) in [5.41, 5.74) is 0.945. The van der Waals surface area contributed by atoms with Crippen molar-refractivity contribution in [1.82, 2.24) is 0 Å².